The maximum absolute atomic E-state index is 12.2. The highest BCUT2D eigenvalue weighted by Gasteiger charge is 2.20. The quantitative estimate of drug-likeness (QED) is 0.815. The van der Waals surface area contributed by atoms with Gasteiger partial charge in [0.2, 0.25) is 5.91 Å². The summed E-state index contributed by atoms with van der Waals surface area (Å²) in [4.78, 5) is 14.2. The highest BCUT2D eigenvalue weighted by Crippen LogP contribution is 2.18. The maximum Gasteiger partial charge on any atom is 0.241 e. The number of carbonyl (C=O) groups is 1. The highest BCUT2D eigenvalue weighted by molar-refractivity contribution is 5.95. The van der Waals surface area contributed by atoms with Gasteiger partial charge in [-0.25, -0.2) is 0 Å². The Labute approximate surface area is 151 Å². The number of nitrogens with one attached hydrogen (secondary N) is 2. The van der Waals surface area contributed by atoms with Gasteiger partial charge in [0, 0.05) is 18.3 Å². The molecule has 1 aliphatic heterocycles. The number of amides is 1. The van der Waals surface area contributed by atoms with Crippen LogP contribution in [-0.4, -0.2) is 50.6 Å². The fourth-order valence-electron chi connectivity index (χ4n) is 2.31. The SMILES string of the molecule is CN(C)CCOc1cccc(NC(=O)C2CCCCN2)c1.Cl.Cl. The number of ether oxygens (including phenoxy) is 1. The van der Waals surface area contributed by atoms with Crippen molar-refractivity contribution >= 4 is 36.4 Å². The Hall–Kier alpha value is -1.01. The minimum atomic E-state index is -0.0722. The van der Waals surface area contributed by atoms with Crippen LogP contribution >= 0.6 is 24.8 Å². The molecule has 1 atom stereocenters. The molecule has 1 unspecified atom stereocenters. The smallest absolute Gasteiger partial charge is 0.241 e. The van der Waals surface area contributed by atoms with Crippen LogP contribution in [0.15, 0.2) is 24.3 Å². The zero-order valence-corrected chi connectivity index (χ0v) is 15.3. The van der Waals surface area contributed by atoms with E-state index < -0.39 is 0 Å². The lowest BCUT2D eigenvalue weighted by atomic mass is 10.0. The molecule has 1 aliphatic rings. The van der Waals surface area contributed by atoms with Gasteiger partial charge >= 0.3 is 0 Å². The van der Waals surface area contributed by atoms with E-state index in [0.29, 0.717) is 6.61 Å². The van der Waals surface area contributed by atoms with Crippen LogP contribution in [0.1, 0.15) is 19.3 Å². The van der Waals surface area contributed by atoms with E-state index >= 15 is 0 Å². The minimum Gasteiger partial charge on any atom is -0.492 e. The Morgan fingerprint density at radius 1 is 1.35 bits per heavy atom. The molecule has 0 radical (unpaired) electrons. The van der Waals surface area contributed by atoms with Crippen LogP contribution in [0.25, 0.3) is 0 Å². The largest absolute Gasteiger partial charge is 0.492 e. The average Bonchev–Trinajstić information content (AvgIpc) is 2.48. The van der Waals surface area contributed by atoms with Crippen LogP contribution in [-0.2, 0) is 4.79 Å². The van der Waals surface area contributed by atoms with Crippen LogP contribution in [0.2, 0.25) is 0 Å². The maximum atomic E-state index is 12.2. The van der Waals surface area contributed by atoms with Gasteiger partial charge in [0.25, 0.3) is 0 Å². The molecule has 132 valence electrons. The van der Waals surface area contributed by atoms with Crippen LogP contribution in [0, 0.1) is 0 Å². The van der Waals surface area contributed by atoms with E-state index in [4.69, 9.17) is 4.74 Å². The summed E-state index contributed by atoms with van der Waals surface area (Å²) in [7, 11) is 4.02. The van der Waals surface area contributed by atoms with Gasteiger partial charge in [0.1, 0.15) is 12.4 Å². The summed E-state index contributed by atoms with van der Waals surface area (Å²) < 4.78 is 5.68. The van der Waals surface area contributed by atoms with Crippen molar-refractivity contribution in [2.45, 2.75) is 25.3 Å². The van der Waals surface area contributed by atoms with Crippen molar-refractivity contribution in [2.24, 2.45) is 0 Å². The third-order valence-corrected chi connectivity index (χ3v) is 3.54. The van der Waals surface area contributed by atoms with Crippen molar-refractivity contribution < 1.29 is 9.53 Å². The Morgan fingerprint density at radius 2 is 2.13 bits per heavy atom. The van der Waals surface area contributed by atoms with Gasteiger partial charge in [-0.15, -0.1) is 24.8 Å². The highest BCUT2D eigenvalue weighted by atomic mass is 35.5. The average molecular weight is 364 g/mol. The van der Waals surface area contributed by atoms with Gasteiger partial charge in [-0.1, -0.05) is 12.5 Å². The van der Waals surface area contributed by atoms with Crippen LogP contribution in [0.4, 0.5) is 5.69 Å². The van der Waals surface area contributed by atoms with Gasteiger partial charge in [0.15, 0.2) is 0 Å². The normalized spacial score (nSPS) is 16.9. The lowest BCUT2D eigenvalue weighted by molar-refractivity contribution is -0.118. The summed E-state index contributed by atoms with van der Waals surface area (Å²) >= 11 is 0. The first-order chi connectivity index (χ1) is 10.1. The summed E-state index contributed by atoms with van der Waals surface area (Å²) in [5.74, 6) is 0.825. The van der Waals surface area contributed by atoms with Crippen molar-refractivity contribution in [2.75, 3.05) is 39.1 Å². The number of anilines is 1. The Kier molecular flexibility index (Phi) is 11.0. The fourth-order valence-corrected chi connectivity index (χ4v) is 2.31. The number of halogens is 2. The molecule has 1 amide bonds. The Balaban J connectivity index is 0.00000242. The molecule has 2 N–H and O–H groups in total. The van der Waals surface area contributed by atoms with Crippen LogP contribution in [0.5, 0.6) is 5.75 Å². The molecule has 1 fully saturated rings. The van der Waals surface area contributed by atoms with Crippen molar-refractivity contribution in [1.29, 1.82) is 0 Å². The van der Waals surface area contributed by atoms with E-state index in [1.807, 2.05) is 38.4 Å². The number of hydrogen-bond donors (Lipinski definition) is 2. The molecule has 1 aromatic rings. The third-order valence-electron chi connectivity index (χ3n) is 3.54. The number of rotatable bonds is 6. The van der Waals surface area contributed by atoms with Gasteiger partial charge in [-0.3, -0.25) is 4.79 Å². The predicted octanol–water partition coefficient (Wildman–Crippen LogP) is 2.55. The first kappa shape index (κ1) is 22.0. The second-order valence-corrected chi connectivity index (χ2v) is 5.67. The van der Waals surface area contributed by atoms with E-state index in [1.54, 1.807) is 0 Å². The molecule has 0 aliphatic carbocycles. The second kappa shape index (κ2) is 11.5. The molecule has 5 nitrogen and oxygen atoms in total. The van der Waals surface area contributed by atoms with Gasteiger partial charge < -0.3 is 20.3 Å². The van der Waals surface area contributed by atoms with Crippen molar-refractivity contribution in [3.05, 3.63) is 24.3 Å². The Bertz CT molecular complexity index is 466. The van der Waals surface area contributed by atoms with E-state index in [9.17, 15) is 4.79 Å². The lowest BCUT2D eigenvalue weighted by Crippen LogP contribution is -2.43. The topological polar surface area (TPSA) is 53.6 Å². The number of likely N-dealkylation sites (N-methyl/N-ethyl adjacent to an activating group) is 1. The van der Waals surface area contributed by atoms with E-state index in [-0.39, 0.29) is 36.8 Å². The van der Waals surface area contributed by atoms with Crippen molar-refractivity contribution in [1.82, 2.24) is 10.2 Å². The molecule has 23 heavy (non-hydrogen) atoms. The number of carbonyl (C=O) groups excluding carboxylic acids is 1. The second-order valence-electron chi connectivity index (χ2n) is 5.67. The summed E-state index contributed by atoms with van der Waals surface area (Å²) in [6.07, 6.45) is 3.17. The first-order valence-corrected chi connectivity index (χ1v) is 7.57. The molecule has 7 heteroatoms. The number of hydrogen-bond acceptors (Lipinski definition) is 4. The van der Waals surface area contributed by atoms with Gasteiger partial charge in [-0.2, -0.15) is 0 Å². The standard InChI is InChI=1S/C16H25N3O2.2ClH/c1-19(2)10-11-21-14-7-5-6-13(12-14)18-16(20)15-8-3-4-9-17-15;;/h5-7,12,15,17H,3-4,8-11H2,1-2H3,(H,18,20);2*1H. The Morgan fingerprint density at radius 3 is 2.78 bits per heavy atom. The summed E-state index contributed by atoms with van der Waals surface area (Å²) in [5.41, 5.74) is 0.787. The fraction of sp³-hybridized carbons (Fsp3) is 0.562. The summed E-state index contributed by atoms with van der Waals surface area (Å²) in [6, 6.07) is 7.49. The minimum absolute atomic E-state index is 0. The number of piperidine rings is 1. The molecular weight excluding hydrogens is 337 g/mol. The molecule has 0 saturated carbocycles. The number of nitrogens with zero attached hydrogens (tertiary/aromatic N) is 1. The predicted molar refractivity (Wildman–Crippen MR) is 99.3 cm³/mol. The molecule has 2 rings (SSSR count). The van der Waals surface area contributed by atoms with Crippen molar-refractivity contribution in [3.63, 3.8) is 0 Å². The zero-order valence-electron chi connectivity index (χ0n) is 13.7. The molecule has 0 aromatic heterocycles. The molecule has 1 heterocycles. The monoisotopic (exact) mass is 363 g/mol. The third kappa shape index (κ3) is 7.88. The molecule has 0 bridgehead atoms. The first-order valence-electron chi connectivity index (χ1n) is 7.57. The molecule has 1 aromatic carbocycles. The summed E-state index contributed by atoms with van der Waals surface area (Å²) in [6.45, 7) is 2.42. The lowest BCUT2D eigenvalue weighted by Gasteiger charge is -2.22. The number of benzene rings is 1. The molecular formula is C16H27Cl2N3O2. The van der Waals surface area contributed by atoms with Gasteiger partial charge in [0.05, 0.1) is 6.04 Å². The van der Waals surface area contributed by atoms with Crippen molar-refractivity contribution in [3.8, 4) is 5.75 Å². The van der Waals surface area contributed by atoms with E-state index in [2.05, 4.69) is 15.5 Å². The van der Waals surface area contributed by atoms with Crippen LogP contribution in [0.3, 0.4) is 0 Å². The zero-order chi connectivity index (χ0) is 15.1. The van der Waals surface area contributed by atoms with E-state index in [0.717, 1.165) is 43.8 Å². The molecule has 0 spiro atoms. The van der Waals surface area contributed by atoms with E-state index in [1.165, 1.54) is 0 Å². The van der Waals surface area contributed by atoms with Gasteiger partial charge in [-0.05, 0) is 45.6 Å². The van der Waals surface area contributed by atoms with Crippen LogP contribution < -0.4 is 15.4 Å². The summed E-state index contributed by atoms with van der Waals surface area (Å²) in [5, 5.41) is 6.21. The molecule has 1 saturated heterocycles.